The number of anilines is 1. The maximum atomic E-state index is 12.6. The van der Waals surface area contributed by atoms with Crippen LogP contribution >= 0.6 is 11.6 Å². The van der Waals surface area contributed by atoms with E-state index in [0.29, 0.717) is 41.7 Å². The van der Waals surface area contributed by atoms with Gasteiger partial charge in [-0.2, -0.15) is 0 Å². The highest BCUT2D eigenvalue weighted by molar-refractivity contribution is 6.30. The molecule has 1 aliphatic heterocycles. The van der Waals surface area contributed by atoms with Gasteiger partial charge < -0.3 is 15.0 Å². The van der Waals surface area contributed by atoms with Gasteiger partial charge in [-0.05, 0) is 61.9 Å². The molecule has 26 heavy (non-hydrogen) atoms. The molecule has 0 aliphatic carbocycles. The summed E-state index contributed by atoms with van der Waals surface area (Å²) in [5.74, 6) is 1.28. The fourth-order valence-corrected chi connectivity index (χ4v) is 3.07. The average Bonchev–Trinajstić information content (AvgIpc) is 3.03. The van der Waals surface area contributed by atoms with Gasteiger partial charge in [-0.15, -0.1) is 0 Å². The van der Waals surface area contributed by atoms with Crippen LogP contribution in [0.4, 0.5) is 5.69 Å². The lowest BCUT2D eigenvalue weighted by molar-refractivity contribution is -0.129. The number of halogens is 1. The molecular formula is C20H21ClN2O3. The van der Waals surface area contributed by atoms with Crippen LogP contribution < -0.4 is 10.1 Å². The van der Waals surface area contributed by atoms with Crippen molar-refractivity contribution in [1.82, 2.24) is 4.90 Å². The molecule has 1 aliphatic rings. The number of amides is 2. The van der Waals surface area contributed by atoms with Gasteiger partial charge in [0.25, 0.3) is 0 Å². The predicted octanol–water partition coefficient (Wildman–Crippen LogP) is 4.33. The van der Waals surface area contributed by atoms with E-state index in [-0.39, 0.29) is 11.8 Å². The van der Waals surface area contributed by atoms with Crippen LogP contribution in [0.1, 0.15) is 20.3 Å². The number of likely N-dealkylation sites (tertiary alicyclic amines) is 1. The molecule has 0 spiro atoms. The standard InChI is InChI=1S/C20H21ClN2O3/c1-14(24)23-12-11-20(2,13-23)19(25)22-16-5-9-18(10-6-16)26-17-7-3-15(21)4-8-17/h3-10H,11-13H2,1-2H3,(H,22,25). The molecule has 2 amide bonds. The molecule has 1 N–H and O–H groups in total. The first-order valence-electron chi connectivity index (χ1n) is 8.46. The quantitative estimate of drug-likeness (QED) is 0.869. The molecule has 1 saturated heterocycles. The van der Waals surface area contributed by atoms with Gasteiger partial charge in [0, 0.05) is 30.7 Å². The lowest BCUT2D eigenvalue weighted by Crippen LogP contribution is -2.37. The molecule has 3 rings (SSSR count). The summed E-state index contributed by atoms with van der Waals surface area (Å²) in [6, 6.07) is 14.3. The smallest absolute Gasteiger partial charge is 0.232 e. The van der Waals surface area contributed by atoms with Crippen molar-refractivity contribution < 1.29 is 14.3 Å². The zero-order valence-corrected chi connectivity index (χ0v) is 15.5. The SMILES string of the molecule is CC(=O)N1CCC(C)(C(=O)Nc2ccc(Oc3ccc(Cl)cc3)cc2)C1. The van der Waals surface area contributed by atoms with Gasteiger partial charge in [0.15, 0.2) is 0 Å². The number of carbonyl (C=O) groups is 2. The van der Waals surface area contributed by atoms with Gasteiger partial charge in [-0.1, -0.05) is 11.6 Å². The first kappa shape index (κ1) is 18.3. The highest BCUT2D eigenvalue weighted by Gasteiger charge is 2.41. The molecule has 0 aromatic heterocycles. The zero-order valence-electron chi connectivity index (χ0n) is 14.8. The lowest BCUT2D eigenvalue weighted by Gasteiger charge is -2.23. The molecular weight excluding hydrogens is 352 g/mol. The van der Waals surface area contributed by atoms with Crippen LogP contribution in [0.5, 0.6) is 11.5 Å². The van der Waals surface area contributed by atoms with Crippen molar-refractivity contribution in [3.8, 4) is 11.5 Å². The zero-order chi connectivity index (χ0) is 18.7. The van der Waals surface area contributed by atoms with E-state index in [1.165, 1.54) is 6.92 Å². The Labute approximate surface area is 157 Å². The van der Waals surface area contributed by atoms with E-state index in [1.807, 2.05) is 6.92 Å². The van der Waals surface area contributed by atoms with E-state index in [2.05, 4.69) is 5.32 Å². The van der Waals surface area contributed by atoms with Gasteiger partial charge in [-0.3, -0.25) is 9.59 Å². The maximum absolute atomic E-state index is 12.6. The highest BCUT2D eigenvalue weighted by Crippen LogP contribution is 2.32. The van der Waals surface area contributed by atoms with Crippen LogP contribution in [-0.2, 0) is 9.59 Å². The number of rotatable bonds is 4. The van der Waals surface area contributed by atoms with Crippen LogP contribution in [0.25, 0.3) is 0 Å². The van der Waals surface area contributed by atoms with Gasteiger partial charge >= 0.3 is 0 Å². The summed E-state index contributed by atoms with van der Waals surface area (Å²) in [6.07, 6.45) is 0.663. The largest absolute Gasteiger partial charge is 0.457 e. The van der Waals surface area contributed by atoms with Crippen molar-refractivity contribution in [2.45, 2.75) is 20.3 Å². The monoisotopic (exact) mass is 372 g/mol. The van der Waals surface area contributed by atoms with Gasteiger partial charge in [0.2, 0.25) is 11.8 Å². The number of hydrogen-bond donors (Lipinski definition) is 1. The van der Waals surface area contributed by atoms with E-state index in [4.69, 9.17) is 16.3 Å². The summed E-state index contributed by atoms with van der Waals surface area (Å²) in [4.78, 5) is 25.8. The van der Waals surface area contributed by atoms with Crippen molar-refractivity contribution in [2.24, 2.45) is 5.41 Å². The van der Waals surface area contributed by atoms with E-state index in [9.17, 15) is 9.59 Å². The molecule has 136 valence electrons. The van der Waals surface area contributed by atoms with Crippen molar-refractivity contribution in [1.29, 1.82) is 0 Å². The highest BCUT2D eigenvalue weighted by atomic mass is 35.5. The Morgan fingerprint density at radius 3 is 2.19 bits per heavy atom. The molecule has 1 atom stereocenters. The second-order valence-electron chi connectivity index (χ2n) is 6.79. The van der Waals surface area contributed by atoms with Gasteiger partial charge in [0.1, 0.15) is 11.5 Å². The Kier molecular flexibility index (Phi) is 5.18. The van der Waals surface area contributed by atoms with Crippen LogP contribution in [0, 0.1) is 5.41 Å². The summed E-state index contributed by atoms with van der Waals surface area (Å²) in [6.45, 7) is 4.49. The third-order valence-corrected chi connectivity index (χ3v) is 4.88. The van der Waals surface area contributed by atoms with E-state index in [1.54, 1.807) is 53.4 Å². The second-order valence-corrected chi connectivity index (χ2v) is 7.22. The van der Waals surface area contributed by atoms with Crippen LogP contribution in [0.2, 0.25) is 5.02 Å². The van der Waals surface area contributed by atoms with Crippen molar-refractivity contribution in [3.63, 3.8) is 0 Å². The van der Waals surface area contributed by atoms with Crippen molar-refractivity contribution in [3.05, 3.63) is 53.6 Å². The Hall–Kier alpha value is -2.53. The van der Waals surface area contributed by atoms with Gasteiger partial charge in [-0.25, -0.2) is 0 Å². The molecule has 0 bridgehead atoms. The average molecular weight is 373 g/mol. The van der Waals surface area contributed by atoms with E-state index < -0.39 is 5.41 Å². The Morgan fingerprint density at radius 2 is 1.65 bits per heavy atom. The summed E-state index contributed by atoms with van der Waals surface area (Å²) >= 11 is 5.86. The molecule has 0 radical (unpaired) electrons. The second kappa shape index (κ2) is 7.38. The molecule has 0 saturated carbocycles. The summed E-state index contributed by atoms with van der Waals surface area (Å²) in [5.41, 5.74) is 0.130. The van der Waals surface area contributed by atoms with Crippen LogP contribution in [0.15, 0.2) is 48.5 Å². The normalized spacial score (nSPS) is 19.3. The lowest BCUT2D eigenvalue weighted by atomic mass is 9.88. The van der Waals surface area contributed by atoms with Crippen molar-refractivity contribution >= 4 is 29.1 Å². The summed E-state index contributed by atoms with van der Waals surface area (Å²) in [5, 5.41) is 3.58. The minimum Gasteiger partial charge on any atom is -0.457 e. The Bertz CT molecular complexity index is 805. The Morgan fingerprint density at radius 1 is 1.08 bits per heavy atom. The third-order valence-electron chi connectivity index (χ3n) is 4.63. The van der Waals surface area contributed by atoms with Crippen molar-refractivity contribution in [2.75, 3.05) is 18.4 Å². The van der Waals surface area contributed by atoms with Crippen LogP contribution in [-0.4, -0.2) is 29.8 Å². The van der Waals surface area contributed by atoms with E-state index >= 15 is 0 Å². The molecule has 2 aromatic rings. The molecule has 2 aromatic carbocycles. The molecule has 6 heteroatoms. The first-order valence-corrected chi connectivity index (χ1v) is 8.84. The summed E-state index contributed by atoms with van der Waals surface area (Å²) in [7, 11) is 0. The van der Waals surface area contributed by atoms with E-state index in [0.717, 1.165) is 0 Å². The third kappa shape index (κ3) is 4.17. The van der Waals surface area contributed by atoms with Crippen LogP contribution in [0.3, 0.4) is 0 Å². The minimum absolute atomic E-state index is 0.00484. The molecule has 5 nitrogen and oxygen atoms in total. The molecule has 1 fully saturated rings. The predicted molar refractivity (Wildman–Crippen MR) is 102 cm³/mol. The minimum atomic E-state index is -0.565. The number of nitrogens with one attached hydrogen (secondary N) is 1. The fourth-order valence-electron chi connectivity index (χ4n) is 2.94. The topological polar surface area (TPSA) is 58.6 Å². The fraction of sp³-hybridized carbons (Fsp3) is 0.300. The first-order chi connectivity index (χ1) is 12.4. The molecule has 1 unspecified atom stereocenters. The number of hydrogen-bond acceptors (Lipinski definition) is 3. The Balaban J connectivity index is 1.61. The van der Waals surface area contributed by atoms with Gasteiger partial charge in [0.05, 0.1) is 5.41 Å². The summed E-state index contributed by atoms with van der Waals surface area (Å²) < 4.78 is 5.74. The number of benzene rings is 2. The number of ether oxygens (including phenoxy) is 1. The number of nitrogens with zero attached hydrogens (tertiary/aromatic N) is 1. The number of carbonyl (C=O) groups excluding carboxylic acids is 2. The molecule has 1 heterocycles. The maximum Gasteiger partial charge on any atom is 0.232 e.